The second-order valence-electron chi connectivity index (χ2n) is 4.53. The molecular weight excluding hydrogens is 378 g/mol. The zero-order valence-corrected chi connectivity index (χ0v) is 12.7. The Morgan fingerprint density at radius 3 is 2.28 bits per heavy atom. The van der Waals surface area contributed by atoms with Gasteiger partial charge in [0.25, 0.3) is 5.56 Å². The van der Waals surface area contributed by atoms with Gasteiger partial charge in [-0.25, -0.2) is 9.97 Å². The summed E-state index contributed by atoms with van der Waals surface area (Å²) < 4.78 is 76.6. The van der Waals surface area contributed by atoms with E-state index in [0.29, 0.717) is 16.8 Å². The van der Waals surface area contributed by atoms with Crippen LogP contribution >= 0.6 is 11.6 Å². The van der Waals surface area contributed by atoms with E-state index in [9.17, 15) is 31.1 Å². The summed E-state index contributed by atoms with van der Waals surface area (Å²) >= 11 is 5.66. The lowest BCUT2D eigenvalue weighted by atomic mass is 10.3. The van der Waals surface area contributed by atoms with E-state index < -0.39 is 46.0 Å². The summed E-state index contributed by atoms with van der Waals surface area (Å²) in [7, 11) is 0. The van der Waals surface area contributed by atoms with Gasteiger partial charge in [-0.1, -0.05) is 18.2 Å². The minimum atomic E-state index is -4.91. The molecule has 0 unspecified atom stereocenters. The van der Waals surface area contributed by atoms with E-state index in [1.165, 1.54) is 0 Å². The minimum absolute atomic E-state index is 0.245. The van der Waals surface area contributed by atoms with Crippen LogP contribution < -0.4 is 10.9 Å². The molecule has 2 aromatic heterocycles. The lowest BCUT2D eigenvalue weighted by molar-refractivity contribution is -0.141. The molecule has 0 aromatic carbocycles. The normalized spacial score (nSPS) is 12.1. The van der Waals surface area contributed by atoms with Gasteiger partial charge in [0.05, 0.1) is 10.6 Å². The van der Waals surface area contributed by atoms with E-state index in [1.54, 1.807) is 0 Å². The molecule has 5 nitrogen and oxygen atoms in total. The van der Waals surface area contributed by atoms with Crippen molar-refractivity contribution in [2.24, 2.45) is 0 Å². The number of anilines is 2. The fourth-order valence-electron chi connectivity index (χ4n) is 1.69. The van der Waals surface area contributed by atoms with Gasteiger partial charge in [-0.05, 0) is 6.07 Å². The number of nitrogens with zero attached hydrogens (tertiary/aromatic N) is 3. The van der Waals surface area contributed by atoms with E-state index in [-0.39, 0.29) is 6.07 Å². The van der Waals surface area contributed by atoms with E-state index >= 15 is 0 Å². The minimum Gasteiger partial charge on any atom is -0.309 e. The second-order valence-corrected chi connectivity index (χ2v) is 4.94. The molecule has 0 aliphatic rings. The first-order chi connectivity index (χ1) is 11.4. The Hall–Kier alpha value is -2.56. The standard InChI is InChI=1S/C13H7ClF6N4O/c1-2-24-9(25)4-8(13(18,19)20)22-11(24)23-10-7(14)3-6(5-21-10)12(15,16)17/h2-5H,1H2,(H,21,22,23). The molecule has 0 saturated heterocycles. The Morgan fingerprint density at radius 2 is 1.80 bits per heavy atom. The Labute approximate surface area is 140 Å². The lowest BCUT2D eigenvalue weighted by Crippen LogP contribution is -2.24. The molecule has 1 N–H and O–H groups in total. The van der Waals surface area contributed by atoms with Gasteiger partial charge in [-0.2, -0.15) is 26.3 Å². The third kappa shape index (κ3) is 4.10. The van der Waals surface area contributed by atoms with Crippen LogP contribution in [0.3, 0.4) is 0 Å². The zero-order chi connectivity index (χ0) is 19.0. The van der Waals surface area contributed by atoms with Crippen molar-refractivity contribution in [2.45, 2.75) is 12.4 Å². The van der Waals surface area contributed by atoms with Gasteiger partial charge < -0.3 is 5.32 Å². The van der Waals surface area contributed by atoms with Gasteiger partial charge in [0.2, 0.25) is 5.95 Å². The van der Waals surface area contributed by atoms with Crippen LogP contribution in [-0.4, -0.2) is 14.5 Å². The molecule has 25 heavy (non-hydrogen) atoms. The topological polar surface area (TPSA) is 59.8 Å². The van der Waals surface area contributed by atoms with Crippen molar-refractivity contribution in [3.05, 3.63) is 51.5 Å². The number of halogens is 7. The predicted octanol–water partition coefficient (Wildman–Crippen LogP) is 4.17. The van der Waals surface area contributed by atoms with Gasteiger partial charge in [-0.3, -0.25) is 9.36 Å². The Balaban J connectivity index is 2.51. The first kappa shape index (κ1) is 18.8. The number of alkyl halides is 6. The first-order valence-corrected chi connectivity index (χ1v) is 6.64. The number of aromatic nitrogens is 3. The molecule has 0 atom stereocenters. The van der Waals surface area contributed by atoms with Crippen molar-refractivity contribution in [2.75, 3.05) is 5.32 Å². The van der Waals surface area contributed by atoms with Crippen LogP contribution in [0.15, 0.2) is 29.7 Å². The van der Waals surface area contributed by atoms with E-state index in [0.717, 1.165) is 6.20 Å². The van der Waals surface area contributed by atoms with Crippen molar-refractivity contribution in [3.63, 3.8) is 0 Å². The van der Waals surface area contributed by atoms with Crippen LogP contribution in [-0.2, 0) is 12.4 Å². The highest BCUT2D eigenvalue weighted by Gasteiger charge is 2.34. The van der Waals surface area contributed by atoms with Crippen molar-refractivity contribution >= 4 is 29.6 Å². The fraction of sp³-hybridized carbons (Fsp3) is 0.154. The van der Waals surface area contributed by atoms with Gasteiger partial charge >= 0.3 is 12.4 Å². The fourth-order valence-corrected chi connectivity index (χ4v) is 1.91. The Kier molecular flexibility index (Phi) is 4.80. The molecule has 0 aliphatic heterocycles. The highest BCUT2D eigenvalue weighted by Crippen LogP contribution is 2.33. The van der Waals surface area contributed by atoms with Crippen molar-refractivity contribution in [1.82, 2.24) is 14.5 Å². The predicted molar refractivity (Wildman–Crippen MR) is 77.4 cm³/mol. The van der Waals surface area contributed by atoms with Gasteiger partial charge in [-0.15, -0.1) is 0 Å². The summed E-state index contributed by atoms with van der Waals surface area (Å²) in [4.78, 5) is 18.3. The van der Waals surface area contributed by atoms with Crippen molar-refractivity contribution < 1.29 is 26.3 Å². The average molecular weight is 385 g/mol. The Bertz CT molecular complexity index is 874. The number of pyridine rings is 1. The van der Waals surface area contributed by atoms with Crippen LogP contribution in [0.4, 0.5) is 38.1 Å². The zero-order valence-electron chi connectivity index (χ0n) is 11.9. The molecule has 2 rings (SSSR count). The monoisotopic (exact) mass is 384 g/mol. The largest absolute Gasteiger partial charge is 0.433 e. The van der Waals surface area contributed by atoms with Crippen molar-refractivity contribution in [1.29, 1.82) is 0 Å². The maximum atomic E-state index is 12.8. The molecular formula is C13H7ClF6N4O. The second kappa shape index (κ2) is 6.39. The van der Waals surface area contributed by atoms with Crippen LogP contribution in [0.2, 0.25) is 5.02 Å². The molecule has 2 heterocycles. The van der Waals surface area contributed by atoms with E-state index in [2.05, 4.69) is 21.9 Å². The summed E-state index contributed by atoms with van der Waals surface area (Å²) in [6.45, 7) is 3.25. The summed E-state index contributed by atoms with van der Waals surface area (Å²) in [5.74, 6) is -1.08. The Morgan fingerprint density at radius 1 is 1.16 bits per heavy atom. The maximum absolute atomic E-state index is 12.8. The average Bonchev–Trinajstić information content (AvgIpc) is 2.47. The maximum Gasteiger partial charge on any atom is 0.433 e. The third-order valence-corrected chi connectivity index (χ3v) is 3.11. The van der Waals surface area contributed by atoms with E-state index in [1.807, 2.05) is 0 Å². The molecule has 134 valence electrons. The molecule has 12 heteroatoms. The molecule has 0 fully saturated rings. The number of nitrogens with one attached hydrogen (secondary N) is 1. The smallest absolute Gasteiger partial charge is 0.309 e. The van der Waals surface area contributed by atoms with Crippen molar-refractivity contribution in [3.8, 4) is 0 Å². The quantitative estimate of drug-likeness (QED) is 0.807. The molecule has 0 radical (unpaired) electrons. The van der Waals surface area contributed by atoms with Crippen LogP contribution in [0.5, 0.6) is 0 Å². The summed E-state index contributed by atoms with van der Waals surface area (Å²) in [5, 5.41) is 1.66. The van der Waals surface area contributed by atoms with Gasteiger partial charge in [0.15, 0.2) is 11.5 Å². The summed E-state index contributed by atoms with van der Waals surface area (Å²) in [5.41, 5.74) is -3.76. The lowest BCUT2D eigenvalue weighted by Gasteiger charge is -2.14. The molecule has 0 amide bonds. The third-order valence-electron chi connectivity index (χ3n) is 2.82. The SMILES string of the molecule is C=Cn1c(Nc2ncc(C(F)(F)F)cc2Cl)nc(C(F)(F)F)cc1=O. The van der Waals surface area contributed by atoms with Crippen LogP contribution in [0, 0.1) is 0 Å². The van der Waals surface area contributed by atoms with E-state index in [4.69, 9.17) is 11.6 Å². The molecule has 0 bridgehead atoms. The molecule has 2 aromatic rings. The van der Waals surface area contributed by atoms with Crippen LogP contribution in [0.1, 0.15) is 11.3 Å². The molecule has 0 saturated carbocycles. The number of hydrogen-bond donors (Lipinski definition) is 1. The first-order valence-electron chi connectivity index (χ1n) is 6.26. The van der Waals surface area contributed by atoms with Crippen LogP contribution in [0.25, 0.3) is 6.20 Å². The molecule has 0 aliphatic carbocycles. The number of rotatable bonds is 3. The number of hydrogen-bond acceptors (Lipinski definition) is 4. The summed E-state index contributed by atoms with van der Waals surface area (Å²) in [6.07, 6.45) is -8.31. The van der Waals surface area contributed by atoms with Gasteiger partial charge in [0.1, 0.15) is 0 Å². The van der Waals surface area contributed by atoms with Gasteiger partial charge in [0, 0.05) is 18.5 Å². The highest BCUT2D eigenvalue weighted by molar-refractivity contribution is 6.33. The summed E-state index contributed by atoms with van der Waals surface area (Å²) in [6, 6.07) is 0.773. The molecule has 0 spiro atoms. The highest BCUT2D eigenvalue weighted by atomic mass is 35.5.